The van der Waals surface area contributed by atoms with Gasteiger partial charge in [0.25, 0.3) is 0 Å². The van der Waals surface area contributed by atoms with Gasteiger partial charge < -0.3 is 44.1 Å². The van der Waals surface area contributed by atoms with Crippen molar-refractivity contribution in [3.05, 3.63) is 48.0 Å². The molecule has 0 radical (unpaired) electrons. The minimum Gasteiger partial charge on any atom is -0.444 e. The van der Waals surface area contributed by atoms with Crippen LogP contribution in [-0.2, 0) is 23.7 Å². The lowest BCUT2D eigenvalue weighted by Crippen LogP contribution is -2.41. The largest absolute Gasteiger partial charge is 0.444 e. The fourth-order valence-corrected chi connectivity index (χ4v) is 9.97. The number of aromatic nitrogens is 6. The summed E-state index contributed by atoms with van der Waals surface area (Å²) in [6.45, 7) is 38.4. The number of amides is 2. The second-order valence-electron chi connectivity index (χ2n) is 24.4. The van der Waals surface area contributed by atoms with Crippen molar-refractivity contribution < 1.29 is 33.3 Å². The van der Waals surface area contributed by atoms with Gasteiger partial charge in [-0.1, -0.05) is 70.5 Å². The molecule has 2 amide bonds. The number of carbonyl (C=O) groups excluding carboxylic acids is 2. The molecule has 4 aromatic heterocycles. The van der Waals surface area contributed by atoms with Crippen LogP contribution in [0.15, 0.2) is 36.7 Å². The van der Waals surface area contributed by atoms with Crippen molar-refractivity contribution in [3.63, 3.8) is 0 Å². The molecule has 6 rings (SSSR count). The average molecular weight is 1060 g/mol. The van der Waals surface area contributed by atoms with Crippen LogP contribution >= 0.6 is 11.6 Å². The van der Waals surface area contributed by atoms with Crippen molar-refractivity contribution in [2.24, 2.45) is 0 Å². The highest BCUT2D eigenvalue weighted by molar-refractivity contribution is 6.76. The Labute approximate surface area is 432 Å². The van der Waals surface area contributed by atoms with Crippen molar-refractivity contribution in [3.8, 4) is 0 Å². The number of alkyl halides is 1. The average Bonchev–Trinajstić information content (AvgIpc) is 3.95. The number of nitrogen functional groups attached to an aromatic ring is 1. The van der Waals surface area contributed by atoms with Crippen LogP contribution in [0.3, 0.4) is 0 Å². The highest BCUT2D eigenvalue weighted by atomic mass is 35.5. The van der Waals surface area contributed by atoms with E-state index in [1.807, 2.05) is 69.2 Å². The number of ether oxygens (including phenoxy) is 5. The third-order valence-electron chi connectivity index (χ3n) is 11.8. The van der Waals surface area contributed by atoms with Gasteiger partial charge >= 0.3 is 12.2 Å². The van der Waals surface area contributed by atoms with Crippen LogP contribution in [0.2, 0.25) is 77.1 Å². The molecule has 0 saturated carbocycles. The Kier molecular flexibility index (Phi) is 22.2. The first-order valence-corrected chi connectivity index (χ1v) is 37.1. The maximum Gasteiger partial charge on any atom is 0.410 e. The standard InChI is InChI=1S/C28H51N5O4Si2.C16H23N5O2.C6H15ClOSi/c1-28(2,3)37-27(34)31-14-11-23(12-15-31)24-20-26(33-25(30-24)10-13-29-33)32(21-35-16-18-38(4,5)6)22-36-17-19-39(7,8)9;1-16(2,3)23-15(22)20-8-5-11(6-9-20)12-10-13(17)21-14(19-12)4-7-18-21;1-9(2,3)5-4-8-6-7/h10,13,20,23H,11-12,14-19,21-22H2,1-9H3;4,7,10-11H,5-6,8-9,17H2,1-3H3;4-6H2,1-3H3. The molecule has 21 heteroatoms. The minimum atomic E-state index is -1.19. The van der Waals surface area contributed by atoms with Gasteiger partial charge in [0.2, 0.25) is 0 Å². The third kappa shape index (κ3) is 21.7. The summed E-state index contributed by atoms with van der Waals surface area (Å²) in [5, 5.41) is 8.71. The van der Waals surface area contributed by atoms with Crippen molar-refractivity contribution in [2.75, 3.05) is 76.2 Å². The first kappa shape index (κ1) is 59.8. The molecule has 2 saturated heterocycles. The van der Waals surface area contributed by atoms with Gasteiger partial charge in [0.1, 0.15) is 42.4 Å². The summed E-state index contributed by atoms with van der Waals surface area (Å²) in [6, 6.07) is 11.6. The normalized spacial score (nSPS) is 15.5. The minimum absolute atomic E-state index is 0.238. The number of likely N-dealkylation sites (tertiary alicyclic amines) is 2. The molecular formula is C50H89ClN10O7Si3. The highest BCUT2D eigenvalue weighted by Gasteiger charge is 2.31. The maximum atomic E-state index is 12.6. The summed E-state index contributed by atoms with van der Waals surface area (Å²) in [4.78, 5) is 40.0. The van der Waals surface area contributed by atoms with Gasteiger partial charge in [0.05, 0.1) is 12.4 Å². The lowest BCUT2D eigenvalue weighted by atomic mass is 9.93. The number of piperidine rings is 2. The van der Waals surface area contributed by atoms with E-state index in [1.165, 1.54) is 6.04 Å². The van der Waals surface area contributed by atoms with Crippen molar-refractivity contribution in [1.29, 1.82) is 0 Å². The molecule has 0 atom stereocenters. The van der Waals surface area contributed by atoms with Crippen LogP contribution in [-0.4, -0.2) is 152 Å². The molecule has 400 valence electrons. The Hall–Kier alpha value is -3.80. The van der Waals surface area contributed by atoms with Crippen molar-refractivity contribution in [1.82, 2.24) is 39.0 Å². The number of nitrogens with two attached hydrogens (primary N) is 1. The quantitative estimate of drug-likeness (QED) is 0.0458. The van der Waals surface area contributed by atoms with Crippen LogP contribution in [0, 0.1) is 0 Å². The molecule has 0 aliphatic carbocycles. The topological polar surface area (TPSA) is 176 Å². The number of anilines is 2. The molecule has 71 heavy (non-hydrogen) atoms. The predicted octanol–water partition coefficient (Wildman–Crippen LogP) is 11.2. The fraction of sp³-hybridized carbons (Fsp3) is 0.720. The highest BCUT2D eigenvalue weighted by Crippen LogP contribution is 2.32. The number of halogens is 1. The van der Waals surface area contributed by atoms with E-state index >= 15 is 0 Å². The zero-order chi connectivity index (χ0) is 52.8. The van der Waals surface area contributed by atoms with E-state index in [-0.39, 0.29) is 18.1 Å². The van der Waals surface area contributed by atoms with E-state index in [9.17, 15) is 9.59 Å². The van der Waals surface area contributed by atoms with Gasteiger partial charge in [-0.15, -0.1) is 0 Å². The molecule has 2 N–H and O–H groups in total. The molecule has 2 fully saturated rings. The van der Waals surface area contributed by atoms with Gasteiger partial charge in [0.15, 0.2) is 11.3 Å². The number of hydrogen-bond acceptors (Lipinski definition) is 13. The van der Waals surface area contributed by atoms with Crippen molar-refractivity contribution in [2.45, 2.75) is 167 Å². The van der Waals surface area contributed by atoms with Gasteiger partial charge in [-0.3, -0.25) is 0 Å². The zero-order valence-electron chi connectivity index (χ0n) is 46.0. The van der Waals surface area contributed by atoms with E-state index in [0.29, 0.717) is 57.4 Å². The molecular weight excluding hydrogens is 972 g/mol. The molecule has 6 heterocycles. The number of carbonyl (C=O) groups is 2. The Bertz CT molecular complexity index is 2230. The van der Waals surface area contributed by atoms with E-state index in [0.717, 1.165) is 86.1 Å². The monoisotopic (exact) mass is 1060 g/mol. The smallest absolute Gasteiger partial charge is 0.410 e. The molecule has 0 spiro atoms. The lowest BCUT2D eigenvalue weighted by Gasteiger charge is -2.33. The van der Waals surface area contributed by atoms with Gasteiger partial charge in [-0.2, -0.15) is 19.2 Å². The first-order chi connectivity index (χ1) is 33.0. The Morgan fingerprint density at radius 3 is 1.41 bits per heavy atom. The number of rotatable bonds is 17. The molecule has 17 nitrogen and oxygen atoms in total. The van der Waals surface area contributed by atoms with Crippen molar-refractivity contribution >= 4 is 70.9 Å². The van der Waals surface area contributed by atoms with Crippen LogP contribution < -0.4 is 10.6 Å². The molecule has 4 aromatic rings. The summed E-state index contributed by atoms with van der Waals surface area (Å²) < 4.78 is 31.9. The zero-order valence-corrected chi connectivity index (χ0v) is 49.7. The van der Waals surface area contributed by atoms with Crippen LogP contribution in [0.1, 0.15) is 90.4 Å². The number of nitrogens with zero attached hydrogens (tertiary/aromatic N) is 9. The Morgan fingerprint density at radius 2 is 1.01 bits per heavy atom. The SMILES string of the molecule is CC(C)(C)OC(=O)N1CCC(c2cc(N(COCC[Si](C)(C)C)COCC[Si](C)(C)C)n3nccc3n2)CC1.CC(C)(C)OC(=O)N1CCC(c2cc(N)n3nccc3n2)CC1.C[Si](C)(C)CCOCCl. The summed E-state index contributed by atoms with van der Waals surface area (Å²) in [6.07, 6.45) is 6.40. The summed E-state index contributed by atoms with van der Waals surface area (Å²) >= 11 is 5.32. The number of fused-ring (bicyclic) bond motifs is 2. The predicted molar refractivity (Wildman–Crippen MR) is 295 cm³/mol. The summed E-state index contributed by atoms with van der Waals surface area (Å²) in [5.41, 5.74) is 8.64. The van der Waals surface area contributed by atoms with Crippen LogP contribution in [0.4, 0.5) is 21.2 Å². The van der Waals surface area contributed by atoms with E-state index in [2.05, 4.69) is 85.1 Å². The van der Waals surface area contributed by atoms with Crippen LogP contribution in [0.5, 0.6) is 0 Å². The lowest BCUT2D eigenvalue weighted by molar-refractivity contribution is 0.0193. The number of hydrogen-bond donors (Lipinski definition) is 1. The first-order valence-electron chi connectivity index (χ1n) is 25.5. The van der Waals surface area contributed by atoms with Gasteiger partial charge in [-0.25, -0.2) is 19.6 Å². The molecule has 0 aromatic carbocycles. The summed E-state index contributed by atoms with van der Waals surface area (Å²) in [7, 11) is -3.25. The van der Waals surface area contributed by atoms with E-state index in [1.54, 1.807) is 21.8 Å². The Balaban J connectivity index is 0.000000286. The van der Waals surface area contributed by atoms with Gasteiger partial charge in [-0.05, 0) is 85.4 Å². The molecule has 0 unspecified atom stereocenters. The maximum absolute atomic E-state index is 12.6. The second kappa shape index (κ2) is 26.4. The van der Waals surface area contributed by atoms with E-state index < -0.39 is 35.4 Å². The fourth-order valence-electron chi connectivity index (χ4n) is 7.59. The van der Waals surface area contributed by atoms with E-state index in [4.69, 9.17) is 46.0 Å². The molecule has 0 bridgehead atoms. The van der Waals surface area contributed by atoms with Crippen LogP contribution in [0.25, 0.3) is 11.3 Å². The molecule has 2 aliphatic rings. The van der Waals surface area contributed by atoms with Gasteiger partial charge in [0, 0.05) is 118 Å². The third-order valence-corrected chi connectivity index (χ3v) is 17.0. The summed E-state index contributed by atoms with van der Waals surface area (Å²) in [5.74, 6) is 2.07. The second-order valence-corrected chi connectivity index (χ2v) is 41.5. The Morgan fingerprint density at radius 1 is 0.634 bits per heavy atom. The molecule has 2 aliphatic heterocycles.